The molecule has 0 N–H and O–H groups in total. The molecule has 2 aromatic heterocycles. The fourth-order valence-corrected chi connectivity index (χ4v) is 8.93. The fraction of sp³-hybridized carbons (Fsp3) is 0.170. The minimum absolute atomic E-state index is 0.0952. The summed E-state index contributed by atoms with van der Waals surface area (Å²) in [5.74, 6) is 0. The van der Waals surface area contributed by atoms with Crippen molar-refractivity contribution in [2.24, 2.45) is 7.05 Å². The lowest BCUT2D eigenvalue weighted by Gasteiger charge is -2.43. The van der Waals surface area contributed by atoms with Gasteiger partial charge in [-0.1, -0.05) is 118 Å². The number of aryl methyl sites for hydroxylation is 1. The summed E-state index contributed by atoms with van der Waals surface area (Å²) in [7, 11) is 4.21. The molecule has 0 spiro atoms. The van der Waals surface area contributed by atoms with Crippen molar-refractivity contribution in [1.29, 1.82) is 0 Å². The number of para-hydroxylation sites is 4. The van der Waals surface area contributed by atoms with E-state index in [1.807, 2.05) is 11.6 Å². The maximum Gasteiger partial charge on any atom is 0.243 e. The van der Waals surface area contributed by atoms with Crippen LogP contribution < -0.4 is 14.4 Å². The average Bonchev–Trinajstić information content (AvgIpc) is 3.86. The lowest BCUT2D eigenvalue weighted by Crippen LogP contribution is -2.36. The number of hydrogen-bond donors (Lipinski definition) is 0. The summed E-state index contributed by atoms with van der Waals surface area (Å²) in [6, 6.07) is 50.2. The molecule has 254 valence electrons. The van der Waals surface area contributed by atoms with Crippen LogP contribution in [0.3, 0.4) is 0 Å². The van der Waals surface area contributed by atoms with Gasteiger partial charge >= 0.3 is 0 Å². The molecule has 5 heteroatoms. The van der Waals surface area contributed by atoms with Crippen molar-refractivity contribution in [2.75, 3.05) is 23.5 Å². The number of hydrogen-bond acceptors (Lipinski definition) is 2. The number of aromatic nitrogens is 3. The number of anilines is 3. The molecular formula is C47H41N5. The van der Waals surface area contributed by atoms with Crippen LogP contribution in [0.15, 0.2) is 146 Å². The number of fused-ring (bicyclic) bond motifs is 6. The zero-order valence-corrected chi connectivity index (χ0v) is 30.3. The van der Waals surface area contributed by atoms with E-state index in [4.69, 9.17) is 0 Å². The number of imidazole rings is 1. The zero-order valence-electron chi connectivity index (χ0n) is 30.3. The third kappa shape index (κ3) is 4.26. The van der Waals surface area contributed by atoms with Gasteiger partial charge in [-0.2, -0.15) is 0 Å². The molecule has 0 saturated heterocycles. The van der Waals surface area contributed by atoms with E-state index in [1.165, 1.54) is 72.4 Å². The van der Waals surface area contributed by atoms with E-state index in [0.29, 0.717) is 0 Å². The summed E-state index contributed by atoms with van der Waals surface area (Å²) < 4.78 is 6.65. The summed E-state index contributed by atoms with van der Waals surface area (Å²) in [6.07, 6.45) is 7.67. The molecule has 0 amide bonds. The Morgan fingerprint density at radius 2 is 1.40 bits per heavy atom. The van der Waals surface area contributed by atoms with E-state index >= 15 is 0 Å². The first kappa shape index (κ1) is 30.7. The van der Waals surface area contributed by atoms with Crippen molar-refractivity contribution in [1.82, 2.24) is 9.13 Å². The van der Waals surface area contributed by atoms with Gasteiger partial charge in [0.15, 0.2) is 0 Å². The van der Waals surface area contributed by atoms with Crippen LogP contribution in [0.5, 0.6) is 0 Å². The van der Waals surface area contributed by atoms with E-state index in [1.54, 1.807) is 0 Å². The molecule has 8 aromatic rings. The summed E-state index contributed by atoms with van der Waals surface area (Å²) >= 11 is 0. The van der Waals surface area contributed by atoms with Gasteiger partial charge in [-0.15, -0.1) is 0 Å². The summed E-state index contributed by atoms with van der Waals surface area (Å²) in [6.45, 7) is 7.74. The standard InChI is InChI=1S/C47H41N5/c1-46(2,3)33-26-34(28-36(27-33)50-25-24-48(4)30-50)47(32-14-7-6-8-15-32)39-18-13-17-38-37-16-9-10-19-41(37)52(45(38)39)42-23-22-35(29-40(42)47)51-31-49(5)43-20-11-12-21-44(43)51/h6-29H,31H2,1-5H3. The largest absolute Gasteiger partial charge is 0.355 e. The highest BCUT2D eigenvalue weighted by Crippen LogP contribution is 2.56. The molecule has 0 aliphatic carbocycles. The molecule has 2 aliphatic heterocycles. The second-order valence-corrected chi connectivity index (χ2v) is 15.5. The van der Waals surface area contributed by atoms with Gasteiger partial charge in [0.05, 0.1) is 52.9 Å². The van der Waals surface area contributed by atoms with Crippen LogP contribution in [-0.4, -0.2) is 22.9 Å². The number of nitrogens with zero attached hydrogens (tertiary/aromatic N) is 5. The maximum atomic E-state index is 3.50. The van der Waals surface area contributed by atoms with Crippen molar-refractivity contribution in [3.05, 3.63) is 180 Å². The normalized spacial score (nSPS) is 16.5. The molecule has 52 heavy (non-hydrogen) atoms. The minimum atomic E-state index is -0.646. The molecule has 2 aliphatic rings. The molecule has 0 fully saturated rings. The van der Waals surface area contributed by atoms with Crippen LogP contribution in [0.1, 0.15) is 48.6 Å². The van der Waals surface area contributed by atoms with Crippen molar-refractivity contribution in [3.63, 3.8) is 0 Å². The predicted octanol–water partition coefficient (Wildman–Crippen LogP) is 9.74. The monoisotopic (exact) mass is 675 g/mol. The molecule has 6 aromatic carbocycles. The second kappa shape index (κ2) is 11.0. The predicted molar refractivity (Wildman–Crippen MR) is 213 cm³/mol. The van der Waals surface area contributed by atoms with Gasteiger partial charge in [-0.25, -0.2) is 0 Å². The van der Waals surface area contributed by atoms with Gasteiger partial charge in [0, 0.05) is 35.9 Å². The van der Waals surface area contributed by atoms with Crippen LogP contribution >= 0.6 is 0 Å². The van der Waals surface area contributed by atoms with Gasteiger partial charge in [0.25, 0.3) is 0 Å². The number of rotatable bonds is 4. The van der Waals surface area contributed by atoms with Gasteiger partial charge in [-0.05, 0) is 69.6 Å². The van der Waals surface area contributed by atoms with Crippen LogP contribution in [-0.2, 0) is 17.9 Å². The van der Waals surface area contributed by atoms with E-state index in [2.05, 4.69) is 199 Å². The van der Waals surface area contributed by atoms with Crippen molar-refractivity contribution in [3.8, 4) is 11.4 Å². The highest BCUT2D eigenvalue weighted by atomic mass is 15.4. The van der Waals surface area contributed by atoms with Gasteiger partial charge < -0.3 is 23.5 Å². The lowest BCUT2D eigenvalue weighted by molar-refractivity contribution is -0.674. The van der Waals surface area contributed by atoms with Crippen molar-refractivity contribution >= 4 is 38.9 Å². The van der Waals surface area contributed by atoms with Gasteiger partial charge in [-0.3, -0.25) is 0 Å². The Hall–Kier alpha value is -6.07. The van der Waals surface area contributed by atoms with Crippen LogP contribution in [0.4, 0.5) is 17.1 Å². The van der Waals surface area contributed by atoms with Gasteiger partial charge in [0.1, 0.15) is 0 Å². The molecule has 4 heterocycles. The zero-order chi connectivity index (χ0) is 35.4. The first-order valence-electron chi connectivity index (χ1n) is 18.2. The summed E-state index contributed by atoms with van der Waals surface area (Å²) in [5, 5.41) is 2.54. The Morgan fingerprint density at radius 1 is 0.654 bits per heavy atom. The van der Waals surface area contributed by atoms with Gasteiger partial charge in [0.2, 0.25) is 6.33 Å². The lowest BCUT2D eigenvalue weighted by atomic mass is 9.62. The van der Waals surface area contributed by atoms with Crippen molar-refractivity contribution < 1.29 is 4.57 Å². The topological polar surface area (TPSA) is 20.2 Å². The third-order valence-electron chi connectivity index (χ3n) is 11.4. The van der Waals surface area contributed by atoms with E-state index in [9.17, 15) is 0 Å². The van der Waals surface area contributed by atoms with E-state index < -0.39 is 5.41 Å². The SMILES string of the molecule is CN1CN(c2ccc3c(c2)C(c2ccccc2)(c2cc(-n4[c-][n+](C)cc4)cc(C(C)(C)C)c2)c2cccc4c5ccccc5n-3c24)c2ccccc21. The first-order chi connectivity index (χ1) is 25.2. The Labute approximate surface area is 305 Å². The molecule has 1 atom stereocenters. The quantitative estimate of drug-likeness (QED) is 0.137. The first-order valence-corrected chi connectivity index (χ1v) is 18.2. The fourth-order valence-electron chi connectivity index (χ4n) is 8.93. The van der Waals surface area contributed by atoms with Crippen LogP contribution in [0.25, 0.3) is 33.2 Å². The molecule has 5 nitrogen and oxygen atoms in total. The molecule has 0 radical (unpaired) electrons. The molecule has 10 rings (SSSR count). The van der Waals surface area contributed by atoms with E-state index in [0.717, 1.165) is 12.4 Å². The van der Waals surface area contributed by atoms with E-state index in [-0.39, 0.29) is 5.41 Å². The smallest absolute Gasteiger partial charge is 0.243 e. The second-order valence-electron chi connectivity index (χ2n) is 15.5. The van der Waals surface area contributed by atoms with Crippen LogP contribution in [0, 0.1) is 6.33 Å². The Morgan fingerprint density at radius 3 is 2.19 bits per heavy atom. The summed E-state index contributed by atoms with van der Waals surface area (Å²) in [5.41, 5.74) is 14.0. The Kier molecular flexibility index (Phi) is 6.48. The molecule has 1 unspecified atom stereocenters. The average molecular weight is 676 g/mol. The molecule has 0 saturated carbocycles. The highest BCUT2D eigenvalue weighted by Gasteiger charge is 2.46. The maximum absolute atomic E-state index is 3.50. The Bertz CT molecular complexity index is 2690. The highest BCUT2D eigenvalue weighted by molar-refractivity contribution is 6.12. The minimum Gasteiger partial charge on any atom is -0.355 e. The molecule has 0 bridgehead atoms. The summed E-state index contributed by atoms with van der Waals surface area (Å²) in [4.78, 5) is 4.80. The van der Waals surface area contributed by atoms with Crippen molar-refractivity contribution in [2.45, 2.75) is 31.6 Å². The Balaban J connectivity index is 1.38. The van der Waals surface area contributed by atoms with Crippen LogP contribution in [0.2, 0.25) is 0 Å². The number of benzene rings is 6. The molecular weight excluding hydrogens is 635 g/mol. The third-order valence-corrected chi connectivity index (χ3v) is 11.4.